The predicted octanol–water partition coefficient (Wildman–Crippen LogP) is 1.37. The second kappa shape index (κ2) is 7.56. The quantitative estimate of drug-likeness (QED) is 0.644. The lowest BCUT2D eigenvalue weighted by molar-refractivity contribution is -0.134. The van der Waals surface area contributed by atoms with E-state index in [9.17, 15) is 22.8 Å². The summed E-state index contributed by atoms with van der Waals surface area (Å²) in [5.74, 6) is -0.542. The molecule has 1 fully saturated rings. The van der Waals surface area contributed by atoms with Crippen molar-refractivity contribution in [1.29, 1.82) is 0 Å². The van der Waals surface area contributed by atoms with E-state index in [1.807, 2.05) is 0 Å². The van der Waals surface area contributed by atoms with Gasteiger partial charge in [-0.3, -0.25) is 19.3 Å². The largest absolute Gasteiger partial charge is 0.497 e. The molecule has 30 heavy (non-hydrogen) atoms. The molecule has 0 aromatic heterocycles. The Balaban J connectivity index is 1.33. The van der Waals surface area contributed by atoms with Crippen LogP contribution in [0, 0.1) is 0 Å². The van der Waals surface area contributed by atoms with E-state index in [1.54, 1.807) is 36.4 Å². The summed E-state index contributed by atoms with van der Waals surface area (Å²) >= 11 is 0. The molecule has 9 heteroatoms. The standard InChI is InChI=1S/C21H20N2O6S/c1-29-14-6-8-15(9-7-14)30(27,28)16-12-22(13-16)19(24)10-11-23-20(25)17-4-2-3-5-18(17)21(23)26/h2-9,16H,10-13H2,1H3. The van der Waals surface area contributed by atoms with Crippen LogP contribution in [0.4, 0.5) is 0 Å². The minimum atomic E-state index is -3.55. The van der Waals surface area contributed by atoms with Crippen molar-refractivity contribution in [3.63, 3.8) is 0 Å². The van der Waals surface area contributed by atoms with E-state index in [0.717, 1.165) is 4.90 Å². The summed E-state index contributed by atoms with van der Waals surface area (Å²) in [6, 6.07) is 12.7. The SMILES string of the molecule is COc1ccc(S(=O)(=O)C2CN(C(=O)CCN3C(=O)c4ccccc4C3=O)C2)cc1. The van der Waals surface area contributed by atoms with Crippen LogP contribution in [0.3, 0.4) is 0 Å². The average molecular weight is 428 g/mol. The van der Waals surface area contributed by atoms with Crippen molar-refractivity contribution in [2.75, 3.05) is 26.7 Å². The number of hydrogen-bond acceptors (Lipinski definition) is 6. The van der Waals surface area contributed by atoms with Gasteiger partial charge in [0, 0.05) is 26.1 Å². The van der Waals surface area contributed by atoms with Crippen molar-refractivity contribution in [2.24, 2.45) is 0 Å². The molecule has 0 N–H and O–H groups in total. The highest BCUT2D eigenvalue weighted by atomic mass is 32.2. The highest BCUT2D eigenvalue weighted by Crippen LogP contribution is 2.27. The first-order valence-electron chi connectivity index (χ1n) is 9.44. The van der Waals surface area contributed by atoms with Crippen molar-refractivity contribution in [3.8, 4) is 5.75 Å². The number of imide groups is 1. The Morgan fingerprint density at radius 3 is 2.10 bits per heavy atom. The molecule has 4 rings (SSSR count). The van der Waals surface area contributed by atoms with Gasteiger partial charge < -0.3 is 9.64 Å². The highest BCUT2D eigenvalue weighted by molar-refractivity contribution is 7.92. The summed E-state index contributed by atoms with van der Waals surface area (Å²) in [6.07, 6.45) is -0.0409. The summed E-state index contributed by atoms with van der Waals surface area (Å²) in [4.78, 5) is 39.8. The molecule has 0 saturated carbocycles. The Bertz CT molecular complexity index is 1090. The van der Waals surface area contributed by atoms with Crippen LogP contribution < -0.4 is 4.74 Å². The Morgan fingerprint density at radius 1 is 1.00 bits per heavy atom. The van der Waals surface area contributed by atoms with E-state index >= 15 is 0 Å². The van der Waals surface area contributed by atoms with Crippen molar-refractivity contribution in [1.82, 2.24) is 9.80 Å². The molecule has 0 bridgehead atoms. The van der Waals surface area contributed by atoms with Crippen molar-refractivity contribution < 1.29 is 27.5 Å². The molecular formula is C21H20N2O6S. The fraction of sp³-hybridized carbons (Fsp3) is 0.286. The summed E-state index contributed by atoms with van der Waals surface area (Å²) in [6.45, 7) is 0.155. The molecule has 1 saturated heterocycles. The number of rotatable bonds is 6. The van der Waals surface area contributed by atoms with Crippen LogP contribution in [0.15, 0.2) is 53.4 Å². The lowest BCUT2D eigenvalue weighted by atomic mass is 10.1. The van der Waals surface area contributed by atoms with Gasteiger partial charge in [-0.05, 0) is 36.4 Å². The summed E-state index contributed by atoms with van der Waals surface area (Å²) in [5, 5.41) is -0.672. The number of hydrogen-bond donors (Lipinski definition) is 0. The number of carbonyl (C=O) groups is 3. The molecule has 2 heterocycles. The number of fused-ring (bicyclic) bond motifs is 1. The zero-order chi connectivity index (χ0) is 21.5. The fourth-order valence-electron chi connectivity index (χ4n) is 3.60. The molecule has 156 valence electrons. The first-order chi connectivity index (χ1) is 14.3. The second-order valence-electron chi connectivity index (χ2n) is 7.20. The third-order valence-electron chi connectivity index (χ3n) is 5.46. The van der Waals surface area contributed by atoms with E-state index in [2.05, 4.69) is 0 Å². The van der Waals surface area contributed by atoms with Crippen LogP contribution in [-0.4, -0.2) is 67.9 Å². The molecular weight excluding hydrogens is 408 g/mol. The number of ether oxygens (including phenoxy) is 1. The number of sulfone groups is 1. The molecule has 3 amide bonds. The number of nitrogens with zero attached hydrogens (tertiary/aromatic N) is 2. The maximum absolute atomic E-state index is 12.7. The third kappa shape index (κ3) is 3.35. The Morgan fingerprint density at radius 2 is 1.57 bits per heavy atom. The van der Waals surface area contributed by atoms with Crippen LogP contribution in [0.5, 0.6) is 5.75 Å². The summed E-state index contributed by atoms with van der Waals surface area (Å²) < 4.78 is 30.4. The van der Waals surface area contributed by atoms with Crippen molar-refractivity contribution in [2.45, 2.75) is 16.6 Å². The molecule has 0 unspecified atom stereocenters. The smallest absolute Gasteiger partial charge is 0.261 e. The van der Waals surface area contributed by atoms with Crippen LogP contribution in [-0.2, 0) is 14.6 Å². The maximum Gasteiger partial charge on any atom is 0.261 e. The molecule has 2 aromatic carbocycles. The molecule has 2 aromatic rings. The van der Waals surface area contributed by atoms with Crippen molar-refractivity contribution >= 4 is 27.6 Å². The molecule has 8 nitrogen and oxygen atoms in total. The minimum Gasteiger partial charge on any atom is -0.497 e. The Kier molecular flexibility index (Phi) is 5.07. The molecule has 0 spiro atoms. The van der Waals surface area contributed by atoms with Gasteiger partial charge in [-0.25, -0.2) is 8.42 Å². The lowest BCUT2D eigenvalue weighted by Crippen LogP contribution is -2.57. The lowest BCUT2D eigenvalue weighted by Gasteiger charge is -2.38. The number of amides is 3. The number of carbonyl (C=O) groups excluding carboxylic acids is 3. The number of likely N-dealkylation sites (tertiary alicyclic amines) is 1. The maximum atomic E-state index is 12.7. The third-order valence-corrected chi connectivity index (χ3v) is 7.56. The minimum absolute atomic E-state index is 0.0302. The van der Waals surface area contributed by atoms with Gasteiger partial charge in [-0.15, -0.1) is 0 Å². The first kappa shape index (κ1) is 20.1. The van der Waals surface area contributed by atoms with E-state index < -0.39 is 26.9 Å². The number of methoxy groups -OCH3 is 1. The van der Waals surface area contributed by atoms with E-state index in [4.69, 9.17) is 4.74 Å². The normalized spacial score (nSPS) is 16.4. The topological polar surface area (TPSA) is 101 Å². The van der Waals surface area contributed by atoms with Crippen LogP contribution in [0.2, 0.25) is 0 Å². The van der Waals surface area contributed by atoms with Gasteiger partial charge in [0.1, 0.15) is 11.0 Å². The Hall–Kier alpha value is -3.20. The second-order valence-corrected chi connectivity index (χ2v) is 9.43. The Labute approximate surface area is 174 Å². The molecule has 2 aliphatic heterocycles. The van der Waals surface area contributed by atoms with Crippen molar-refractivity contribution in [3.05, 3.63) is 59.7 Å². The molecule has 0 aliphatic carbocycles. The monoisotopic (exact) mass is 428 g/mol. The summed E-state index contributed by atoms with van der Waals surface area (Å²) in [5.41, 5.74) is 0.675. The predicted molar refractivity (Wildman–Crippen MR) is 107 cm³/mol. The highest BCUT2D eigenvalue weighted by Gasteiger charge is 2.41. The molecule has 0 atom stereocenters. The number of benzene rings is 2. The van der Waals surface area contributed by atoms with Crippen LogP contribution in [0.25, 0.3) is 0 Å². The van der Waals surface area contributed by atoms with E-state index in [1.165, 1.54) is 24.1 Å². The zero-order valence-electron chi connectivity index (χ0n) is 16.3. The van der Waals surface area contributed by atoms with Crippen LogP contribution in [0.1, 0.15) is 27.1 Å². The van der Waals surface area contributed by atoms with Crippen LogP contribution >= 0.6 is 0 Å². The summed E-state index contributed by atoms with van der Waals surface area (Å²) in [7, 11) is -2.05. The zero-order valence-corrected chi connectivity index (χ0v) is 17.1. The van der Waals surface area contributed by atoms with E-state index in [-0.39, 0.29) is 36.9 Å². The molecule has 2 aliphatic rings. The van der Waals surface area contributed by atoms with Gasteiger partial charge >= 0.3 is 0 Å². The van der Waals surface area contributed by atoms with E-state index in [0.29, 0.717) is 16.9 Å². The fourth-order valence-corrected chi connectivity index (χ4v) is 5.26. The van der Waals surface area contributed by atoms with Gasteiger partial charge in [0.15, 0.2) is 9.84 Å². The average Bonchev–Trinajstić information content (AvgIpc) is 2.95. The van der Waals surface area contributed by atoms with Gasteiger partial charge in [-0.2, -0.15) is 0 Å². The van der Waals surface area contributed by atoms with Gasteiger partial charge in [0.2, 0.25) is 5.91 Å². The van der Waals surface area contributed by atoms with Gasteiger partial charge in [0.25, 0.3) is 11.8 Å². The van der Waals surface area contributed by atoms with Gasteiger partial charge in [-0.1, -0.05) is 12.1 Å². The molecule has 0 radical (unpaired) electrons. The first-order valence-corrected chi connectivity index (χ1v) is 11.0. The van der Waals surface area contributed by atoms with Gasteiger partial charge in [0.05, 0.1) is 23.1 Å².